The maximum Gasteiger partial charge on any atom is 0.251 e. The molecule has 1 aromatic rings. The van der Waals surface area contributed by atoms with E-state index in [1.165, 1.54) is 0 Å². The van der Waals surface area contributed by atoms with E-state index >= 15 is 0 Å². The zero-order chi connectivity index (χ0) is 12.7. The van der Waals surface area contributed by atoms with Crippen molar-refractivity contribution >= 4 is 5.91 Å². The predicted octanol–water partition coefficient (Wildman–Crippen LogP) is 2.23. The van der Waals surface area contributed by atoms with Crippen LogP contribution in [0.2, 0.25) is 0 Å². The minimum Gasteiger partial charge on any atom is -0.493 e. The first kappa shape index (κ1) is 13.4. The van der Waals surface area contributed by atoms with E-state index in [-0.39, 0.29) is 5.91 Å². The van der Waals surface area contributed by atoms with Crippen LogP contribution in [-0.2, 0) is 0 Å². The summed E-state index contributed by atoms with van der Waals surface area (Å²) in [5.74, 6) is 1.15. The molecule has 0 heterocycles. The number of carbonyl (C=O) groups excluding carboxylic acids is 1. The zero-order valence-corrected chi connectivity index (χ0v) is 10.6. The molecule has 0 aromatic heterocycles. The third kappa shape index (κ3) is 3.66. The van der Waals surface area contributed by atoms with Crippen molar-refractivity contribution in [1.29, 1.82) is 0 Å². The highest BCUT2D eigenvalue weighted by Gasteiger charge is 2.10. The molecule has 1 rings (SSSR count). The minimum absolute atomic E-state index is 0.100. The SMILES string of the molecule is CCCOc1cc(C(=O)NCC)ccc1OC. The topological polar surface area (TPSA) is 47.6 Å². The van der Waals surface area contributed by atoms with E-state index in [0.717, 1.165) is 6.42 Å². The Kier molecular flexibility index (Phi) is 5.33. The second kappa shape index (κ2) is 6.78. The fourth-order valence-electron chi connectivity index (χ4n) is 1.41. The Bertz CT molecular complexity index is 377. The quantitative estimate of drug-likeness (QED) is 0.825. The van der Waals surface area contributed by atoms with Gasteiger partial charge in [-0.1, -0.05) is 6.92 Å². The molecule has 0 saturated carbocycles. The highest BCUT2D eigenvalue weighted by Crippen LogP contribution is 2.28. The lowest BCUT2D eigenvalue weighted by Crippen LogP contribution is -2.22. The predicted molar refractivity (Wildman–Crippen MR) is 66.8 cm³/mol. The molecule has 0 spiro atoms. The molecule has 1 aromatic carbocycles. The Labute approximate surface area is 102 Å². The second-order valence-corrected chi connectivity index (χ2v) is 3.57. The highest BCUT2D eigenvalue weighted by atomic mass is 16.5. The van der Waals surface area contributed by atoms with Crippen LogP contribution < -0.4 is 14.8 Å². The molecule has 4 nitrogen and oxygen atoms in total. The van der Waals surface area contributed by atoms with E-state index in [1.54, 1.807) is 25.3 Å². The van der Waals surface area contributed by atoms with Gasteiger partial charge >= 0.3 is 0 Å². The molecule has 0 aliphatic heterocycles. The van der Waals surface area contributed by atoms with Crippen LogP contribution in [0, 0.1) is 0 Å². The van der Waals surface area contributed by atoms with Gasteiger partial charge in [-0.2, -0.15) is 0 Å². The lowest BCUT2D eigenvalue weighted by atomic mass is 10.2. The first-order valence-corrected chi connectivity index (χ1v) is 5.82. The molecule has 0 bridgehead atoms. The van der Waals surface area contributed by atoms with Crippen LogP contribution in [0.1, 0.15) is 30.6 Å². The van der Waals surface area contributed by atoms with Crippen molar-refractivity contribution in [2.45, 2.75) is 20.3 Å². The molecule has 0 fully saturated rings. The Hall–Kier alpha value is -1.71. The summed E-state index contributed by atoms with van der Waals surface area (Å²) >= 11 is 0. The number of amides is 1. The monoisotopic (exact) mass is 237 g/mol. The lowest BCUT2D eigenvalue weighted by Gasteiger charge is -2.11. The van der Waals surface area contributed by atoms with Crippen molar-refractivity contribution < 1.29 is 14.3 Å². The van der Waals surface area contributed by atoms with Crippen LogP contribution in [-0.4, -0.2) is 26.2 Å². The van der Waals surface area contributed by atoms with Crippen LogP contribution >= 0.6 is 0 Å². The van der Waals surface area contributed by atoms with E-state index in [4.69, 9.17) is 9.47 Å². The van der Waals surface area contributed by atoms with Crippen molar-refractivity contribution in [3.63, 3.8) is 0 Å². The van der Waals surface area contributed by atoms with Crippen LogP contribution in [0.4, 0.5) is 0 Å². The van der Waals surface area contributed by atoms with Gasteiger partial charge in [0.1, 0.15) is 0 Å². The first-order valence-electron chi connectivity index (χ1n) is 5.82. The fourth-order valence-corrected chi connectivity index (χ4v) is 1.41. The third-order valence-electron chi connectivity index (χ3n) is 2.22. The fraction of sp³-hybridized carbons (Fsp3) is 0.462. The summed E-state index contributed by atoms with van der Waals surface area (Å²) in [4.78, 5) is 11.7. The standard InChI is InChI=1S/C13H19NO3/c1-4-8-17-12-9-10(13(15)14-5-2)6-7-11(12)16-3/h6-7,9H,4-5,8H2,1-3H3,(H,14,15). The van der Waals surface area contributed by atoms with Crippen LogP contribution in [0.15, 0.2) is 18.2 Å². The van der Waals surface area contributed by atoms with Gasteiger partial charge in [0.05, 0.1) is 13.7 Å². The molecule has 0 radical (unpaired) electrons. The van der Waals surface area contributed by atoms with Gasteiger partial charge in [0.25, 0.3) is 5.91 Å². The second-order valence-electron chi connectivity index (χ2n) is 3.57. The van der Waals surface area contributed by atoms with Gasteiger partial charge in [-0.15, -0.1) is 0 Å². The van der Waals surface area contributed by atoms with Gasteiger partial charge in [-0.25, -0.2) is 0 Å². The number of hydrogen-bond donors (Lipinski definition) is 1. The molecule has 0 atom stereocenters. The number of nitrogens with one attached hydrogen (secondary N) is 1. The number of carbonyl (C=O) groups is 1. The van der Waals surface area contributed by atoms with Gasteiger partial charge in [-0.05, 0) is 31.5 Å². The molecule has 0 aliphatic rings. The van der Waals surface area contributed by atoms with Crippen LogP contribution in [0.5, 0.6) is 11.5 Å². The molecule has 1 N–H and O–H groups in total. The summed E-state index contributed by atoms with van der Waals surface area (Å²) in [6, 6.07) is 5.18. The van der Waals surface area contributed by atoms with E-state index in [1.807, 2.05) is 13.8 Å². The molecule has 1 amide bonds. The summed E-state index contributed by atoms with van der Waals surface area (Å²) in [7, 11) is 1.58. The molecule has 0 aliphatic carbocycles. The van der Waals surface area contributed by atoms with E-state index < -0.39 is 0 Å². The number of benzene rings is 1. The average molecular weight is 237 g/mol. The van der Waals surface area contributed by atoms with Crippen LogP contribution in [0.3, 0.4) is 0 Å². The normalized spacial score (nSPS) is 9.82. The summed E-state index contributed by atoms with van der Waals surface area (Å²) in [5, 5.41) is 2.75. The maximum absolute atomic E-state index is 11.7. The molecular weight excluding hydrogens is 218 g/mol. The van der Waals surface area contributed by atoms with E-state index in [9.17, 15) is 4.79 Å². The maximum atomic E-state index is 11.7. The Morgan fingerprint density at radius 2 is 2.06 bits per heavy atom. The number of methoxy groups -OCH3 is 1. The molecular formula is C13H19NO3. The van der Waals surface area contributed by atoms with E-state index in [2.05, 4.69) is 5.32 Å². The Morgan fingerprint density at radius 1 is 1.29 bits per heavy atom. The molecule has 0 unspecified atom stereocenters. The smallest absolute Gasteiger partial charge is 0.251 e. The van der Waals surface area contributed by atoms with Crippen molar-refractivity contribution in [2.24, 2.45) is 0 Å². The van der Waals surface area contributed by atoms with Gasteiger partial charge in [0.15, 0.2) is 11.5 Å². The summed E-state index contributed by atoms with van der Waals surface area (Å²) in [6.45, 7) is 5.13. The van der Waals surface area contributed by atoms with E-state index in [0.29, 0.717) is 30.2 Å². The van der Waals surface area contributed by atoms with Crippen molar-refractivity contribution in [2.75, 3.05) is 20.3 Å². The van der Waals surface area contributed by atoms with Crippen LogP contribution in [0.25, 0.3) is 0 Å². The largest absolute Gasteiger partial charge is 0.493 e. The zero-order valence-electron chi connectivity index (χ0n) is 10.6. The van der Waals surface area contributed by atoms with Gasteiger partial charge in [-0.3, -0.25) is 4.79 Å². The molecule has 17 heavy (non-hydrogen) atoms. The minimum atomic E-state index is -0.100. The van der Waals surface area contributed by atoms with Gasteiger partial charge < -0.3 is 14.8 Å². The molecule has 0 saturated heterocycles. The summed E-state index contributed by atoms with van der Waals surface area (Å²) < 4.78 is 10.7. The van der Waals surface area contributed by atoms with Crippen molar-refractivity contribution in [3.05, 3.63) is 23.8 Å². The summed E-state index contributed by atoms with van der Waals surface area (Å²) in [6.07, 6.45) is 0.911. The lowest BCUT2D eigenvalue weighted by molar-refractivity contribution is 0.0955. The number of hydrogen-bond acceptors (Lipinski definition) is 3. The van der Waals surface area contributed by atoms with Gasteiger partial charge in [0.2, 0.25) is 0 Å². The molecule has 94 valence electrons. The number of ether oxygens (including phenoxy) is 2. The average Bonchev–Trinajstić information content (AvgIpc) is 2.36. The first-order chi connectivity index (χ1) is 8.22. The number of rotatable bonds is 6. The van der Waals surface area contributed by atoms with Gasteiger partial charge in [0, 0.05) is 12.1 Å². The Morgan fingerprint density at radius 3 is 2.65 bits per heavy atom. The third-order valence-corrected chi connectivity index (χ3v) is 2.22. The highest BCUT2D eigenvalue weighted by molar-refractivity contribution is 5.94. The van der Waals surface area contributed by atoms with Crippen molar-refractivity contribution in [1.82, 2.24) is 5.32 Å². The molecule has 4 heteroatoms. The Balaban J connectivity index is 2.91. The van der Waals surface area contributed by atoms with Crippen molar-refractivity contribution in [3.8, 4) is 11.5 Å². The summed E-state index contributed by atoms with van der Waals surface area (Å²) in [5.41, 5.74) is 0.582.